The van der Waals surface area contributed by atoms with Crippen LogP contribution in [-0.2, 0) is 0 Å². The molecule has 4 rings (SSSR count). The van der Waals surface area contributed by atoms with E-state index in [0.717, 1.165) is 27.4 Å². The number of aromatic nitrogens is 2. The normalized spacial score (nSPS) is 16.4. The number of hydrogen-bond donors (Lipinski definition) is 2. The van der Waals surface area contributed by atoms with Gasteiger partial charge in [-0.1, -0.05) is 24.3 Å². The summed E-state index contributed by atoms with van der Waals surface area (Å²) in [6.07, 6.45) is 0. The van der Waals surface area contributed by atoms with Gasteiger partial charge in [0.05, 0.1) is 23.7 Å². The molecule has 0 aliphatic carbocycles. The number of thiophene rings is 1. The largest absolute Gasteiger partial charge is 0.496 e. The minimum absolute atomic E-state index is 0.162. The Labute approximate surface area is 130 Å². The van der Waals surface area contributed by atoms with Gasteiger partial charge in [-0.15, -0.1) is 11.3 Å². The van der Waals surface area contributed by atoms with E-state index in [4.69, 9.17) is 4.74 Å². The number of carbonyl (C=O) groups is 1. The molecule has 5 nitrogen and oxygen atoms in total. The Morgan fingerprint density at radius 3 is 2.86 bits per heavy atom. The second-order valence-electron chi connectivity index (χ2n) is 4.99. The minimum Gasteiger partial charge on any atom is -0.496 e. The highest BCUT2D eigenvalue weighted by Crippen LogP contribution is 2.40. The monoisotopic (exact) mass is 311 g/mol. The Morgan fingerprint density at radius 1 is 1.23 bits per heavy atom. The summed E-state index contributed by atoms with van der Waals surface area (Å²) in [6, 6.07) is 11.4. The van der Waals surface area contributed by atoms with Crippen molar-refractivity contribution in [3.05, 3.63) is 58.6 Å². The fourth-order valence-electron chi connectivity index (χ4n) is 2.82. The Kier molecular flexibility index (Phi) is 2.97. The number of methoxy groups -OCH3 is 1. The summed E-state index contributed by atoms with van der Waals surface area (Å²) in [4.78, 5) is 13.3. The van der Waals surface area contributed by atoms with Gasteiger partial charge in [-0.25, -0.2) is 0 Å². The summed E-state index contributed by atoms with van der Waals surface area (Å²) in [5.74, 6) is 0.587. The maximum atomic E-state index is 12.2. The zero-order valence-electron chi connectivity index (χ0n) is 11.8. The molecular formula is C16H13N3O2S. The smallest absolute Gasteiger partial charge is 0.272 e. The number of rotatable bonds is 3. The molecule has 1 atom stereocenters. The second-order valence-corrected chi connectivity index (χ2v) is 5.93. The average Bonchev–Trinajstić information content (AvgIpc) is 3.25. The molecule has 2 N–H and O–H groups in total. The molecule has 6 heteroatoms. The van der Waals surface area contributed by atoms with Gasteiger partial charge < -0.3 is 10.1 Å². The van der Waals surface area contributed by atoms with Crippen molar-refractivity contribution in [2.45, 2.75) is 6.04 Å². The summed E-state index contributed by atoms with van der Waals surface area (Å²) in [5, 5.41) is 12.2. The topological polar surface area (TPSA) is 67.0 Å². The number of nitrogens with zero attached hydrogens (tertiary/aromatic N) is 1. The van der Waals surface area contributed by atoms with Crippen LogP contribution in [0.3, 0.4) is 0 Å². The van der Waals surface area contributed by atoms with Crippen LogP contribution in [0, 0.1) is 0 Å². The standard InChI is InChI=1S/C16H13N3O2S/c1-21-10-6-3-2-5-9(10)13-12-14(11-7-4-8-22-11)18-19-15(12)16(20)17-13/h2-8,13H,1H3,(H,17,20)(H,18,19)/t13-/m1/s1. The first-order valence-corrected chi connectivity index (χ1v) is 7.73. The molecule has 3 aromatic rings. The quantitative estimate of drug-likeness (QED) is 0.781. The predicted molar refractivity (Wildman–Crippen MR) is 84.2 cm³/mol. The molecule has 1 amide bonds. The fourth-order valence-corrected chi connectivity index (χ4v) is 3.56. The van der Waals surface area contributed by atoms with Gasteiger partial charge in [0.25, 0.3) is 5.91 Å². The number of fused-ring (bicyclic) bond motifs is 1. The minimum atomic E-state index is -0.255. The van der Waals surface area contributed by atoms with E-state index in [-0.39, 0.29) is 11.9 Å². The number of ether oxygens (including phenoxy) is 1. The van der Waals surface area contributed by atoms with Crippen molar-refractivity contribution in [3.63, 3.8) is 0 Å². The Bertz CT molecular complexity index is 839. The van der Waals surface area contributed by atoms with Gasteiger partial charge >= 0.3 is 0 Å². The molecule has 3 heterocycles. The van der Waals surface area contributed by atoms with Crippen LogP contribution in [0.15, 0.2) is 41.8 Å². The van der Waals surface area contributed by atoms with Crippen molar-refractivity contribution in [1.29, 1.82) is 0 Å². The molecule has 110 valence electrons. The highest BCUT2D eigenvalue weighted by Gasteiger charge is 2.37. The fraction of sp³-hybridized carbons (Fsp3) is 0.125. The maximum absolute atomic E-state index is 12.2. The molecule has 0 fully saturated rings. The number of H-pyrrole nitrogens is 1. The van der Waals surface area contributed by atoms with Crippen molar-refractivity contribution in [2.75, 3.05) is 7.11 Å². The lowest BCUT2D eigenvalue weighted by molar-refractivity contribution is 0.0955. The predicted octanol–water partition coefficient (Wildman–Crippen LogP) is 2.98. The summed E-state index contributed by atoms with van der Waals surface area (Å²) in [7, 11) is 1.63. The Morgan fingerprint density at radius 2 is 2.09 bits per heavy atom. The first kappa shape index (κ1) is 13.1. The SMILES string of the molecule is COc1ccccc1[C@H]1NC(=O)c2n[nH]c(-c3cccs3)c21. The Hall–Kier alpha value is -2.60. The van der Waals surface area contributed by atoms with E-state index in [9.17, 15) is 4.79 Å². The van der Waals surface area contributed by atoms with Gasteiger partial charge in [0.2, 0.25) is 0 Å². The van der Waals surface area contributed by atoms with Crippen LogP contribution < -0.4 is 10.1 Å². The van der Waals surface area contributed by atoms with Gasteiger partial charge in [0.15, 0.2) is 5.69 Å². The van der Waals surface area contributed by atoms with E-state index in [2.05, 4.69) is 15.5 Å². The van der Waals surface area contributed by atoms with Crippen LogP contribution in [-0.4, -0.2) is 23.2 Å². The highest BCUT2D eigenvalue weighted by atomic mass is 32.1. The van der Waals surface area contributed by atoms with Crippen LogP contribution in [0.2, 0.25) is 0 Å². The van der Waals surface area contributed by atoms with Gasteiger partial charge in [0, 0.05) is 11.1 Å². The summed E-state index contributed by atoms with van der Waals surface area (Å²) >= 11 is 1.61. The summed E-state index contributed by atoms with van der Waals surface area (Å²) in [6.45, 7) is 0. The lowest BCUT2D eigenvalue weighted by Gasteiger charge is -2.16. The number of aromatic amines is 1. The van der Waals surface area contributed by atoms with E-state index < -0.39 is 0 Å². The van der Waals surface area contributed by atoms with Gasteiger partial charge in [0.1, 0.15) is 5.75 Å². The zero-order valence-corrected chi connectivity index (χ0v) is 12.6. The molecule has 1 aromatic carbocycles. The van der Waals surface area contributed by atoms with E-state index in [1.54, 1.807) is 18.4 Å². The van der Waals surface area contributed by atoms with Crippen molar-refractivity contribution < 1.29 is 9.53 Å². The molecular weight excluding hydrogens is 298 g/mol. The van der Waals surface area contributed by atoms with Crippen molar-refractivity contribution in [1.82, 2.24) is 15.5 Å². The van der Waals surface area contributed by atoms with Gasteiger partial charge in [-0.2, -0.15) is 5.10 Å². The number of hydrogen-bond acceptors (Lipinski definition) is 4. The third-order valence-electron chi connectivity index (χ3n) is 3.80. The molecule has 0 radical (unpaired) electrons. The van der Waals surface area contributed by atoms with E-state index in [0.29, 0.717) is 5.69 Å². The first-order chi connectivity index (χ1) is 10.8. The summed E-state index contributed by atoms with van der Waals surface area (Å²) in [5.41, 5.74) is 3.16. The lowest BCUT2D eigenvalue weighted by Crippen LogP contribution is -2.21. The molecule has 0 saturated heterocycles. The third kappa shape index (κ3) is 1.84. The molecule has 0 spiro atoms. The number of para-hydroxylation sites is 1. The lowest BCUT2D eigenvalue weighted by atomic mass is 9.98. The van der Waals surface area contributed by atoms with Crippen molar-refractivity contribution in [2.24, 2.45) is 0 Å². The van der Waals surface area contributed by atoms with Crippen LogP contribution in [0.5, 0.6) is 5.75 Å². The Balaban J connectivity index is 1.89. The number of amides is 1. The molecule has 1 aliphatic rings. The molecule has 0 saturated carbocycles. The molecule has 22 heavy (non-hydrogen) atoms. The zero-order chi connectivity index (χ0) is 15.1. The first-order valence-electron chi connectivity index (χ1n) is 6.85. The van der Waals surface area contributed by atoms with E-state index >= 15 is 0 Å². The van der Waals surface area contributed by atoms with Crippen molar-refractivity contribution >= 4 is 17.2 Å². The van der Waals surface area contributed by atoms with Crippen LogP contribution in [0.25, 0.3) is 10.6 Å². The molecule has 2 aromatic heterocycles. The molecule has 0 bridgehead atoms. The van der Waals surface area contributed by atoms with Crippen LogP contribution in [0.4, 0.5) is 0 Å². The number of carbonyl (C=O) groups excluding carboxylic acids is 1. The van der Waals surface area contributed by atoms with Crippen molar-refractivity contribution in [3.8, 4) is 16.3 Å². The maximum Gasteiger partial charge on any atom is 0.272 e. The van der Waals surface area contributed by atoms with Gasteiger partial charge in [-0.3, -0.25) is 9.89 Å². The van der Waals surface area contributed by atoms with Crippen LogP contribution in [0.1, 0.15) is 27.7 Å². The van der Waals surface area contributed by atoms with E-state index in [1.807, 2.05) is 41.8 Å². The van der Waals surface area contributed by atoms with Gasteiger partial charge in [-0.05, 0) is 17.5 Å². The second kappa shape index (κ2) is 4.99. The highest BCUT2D eigenvalue weighted by molar-refractivity contribution is 7.13. The number of benzene rings is 1. The molecule has 0 unspecified atom stereocenters. The summed E-state index contributed by atoms with van der Waals surface area (Å²) < 4.78 is 5.44. The average molecular weight is 311 g/mol. The number of nitrogens with one attached hydrogen (secondary N) is 2. The third-order valence-corrected chi connectivity index (χ3v) is 4.69. The molecule has 1 aliphatic heterocycles. The van der Waals surface area contributed by atoms with Crippen LogP contribution >= 0.6 is 11.3 Å². The van der Waals surface area contributed by atoms with E-state index in [1.165, 1.54) is 0 Å².